The highest BCUT2D eigenvalue weighted by Crippen LogP contribution is 2.23. The Morgan fingerprint density at radius 3 is 2.76 bits per heavy atom. The number of thioether (sulfide) groups is 1. The zero-order valence-electron chi connectivity index (χ0n) is 19.0. The van der Waals surface area contributed by atoms with Gasteiger partial charge in [0, 0.05) is 37.0 Å². The van der Waals surface area contributed by atoms with Crippen molar-refractivity contribution in [2.45, 2.75) is 31.0 Å². The van der Waals surface area contributed by atoms with Gasteiger partial charge in [-0.2, -0.15) is 0 Å². The summed E-state index contributed by atoms with van der Waals surface area (Å²) in [5.74, 6) is 1.40. The van der Waals surface area contributed by atoms with Crippen LogP contribution in [0.15, 0.2) is 53.7 Å². The number of nitrogens with zero attached hydrogens (tertiary/aromatic N) is 4. The molecular formula is C24H26FN5O3S. The lowest BCUT2D eigenvalue weighted by molar-refractivity contribution is -0.117. The average Bonchev–Trinajstić information content (AvgIpc) is 3.43. The van der Waals surface area contributed by atoms with E-state index < -0.39 is 0 Å². The fourth-order valence-electron chi connectivity index (χ4n) is 3.73. The molecular weight excluding hydrogens is 457 g/mol. The molecule has 178 valence electrons. The maximum atomic E-state index is 13.0. The minimum absolute atomic E-state index is 0.0816. The van der Waals surface area contributed by atoms with Crippen LogP contribution in [0.5, 0.6) is 5.75 Å². The third kappa shape index (κ3) is 5.56. The molecule has 1 aromatic heterocycles. The van der Waals surface area contributed by atoms with Gasteiger partial charge in [-0.1, -0.05) is 17.8 Å². The topological polar surface area (TPSA) is 89.3 Å². The van der Waals surface area contributed by atoms with Gasteiger partial charge in [0.1, 0.15) is 11.6 Å². The maximum Gasteiger partial charge on any atom is 0.251 e. The first kappa shape index (κ1) is 23.7. The molecule has 1 atom stereocenters. The summed E-state index contributed by atoms with van der Waals surface area (Å²) in [6.07, 6.45) is 1.37. The van der Waals surface area contributed by atoms with Gasteiger partial charge in [0.15, 0.2) is 11.0 Å². The second-order valence-electron chi connectivity index (χ2n) is 7.95. The molecule has 34 heavy (non-hydrogen) atoms. The molecule has 1 saturated heterocycles. The van der Waals surface area contributed by atoms with Crippen LogP contribution in [0, 0.1) is 5.82 Å². The van der Waals surface area contributed by atoms with Gasteiger partial charge >= 0.3 is 0 Å². The Kier molecular flexibility index (Phi) is 7.46. The summed E-state index contributed by atoms with van der Waals surface area (Å²) < 4.78 is 20.4. The molecule has 10 heteroatoms. The summed E-state index contributed by atoms with van der Waals surface area (Å²) in [4.78, 5) is 26.6. The van der Waals surface area contributed by atoms with E-state index >= 15 is 0 Å². The molecule has 0 saturated carbocycles. The number of anilines is 1. The van der Waals surface area contributed by atoms with Crippen molar-refractivity contribution in [3.63, 3.8) is 0 Å². The normalized spacial score (nSPS) is 14.3. The standard InChI is InChI=1S/C24H26FN5O3S/c1-16(26-23(32)17-5-3-6-19(15-17)30-12-4-7-21(30)31)22-27-28-24(29(22)2)34-14-13-33-20-10-8-18(25)9-11-20/h3,5-6,8-11,15-16H,4,7,12-14H2,1-2H3,(H,26,32)/t16-/m0/s1. The minimum Gasteiger partial charge on any atom is -0.493 e. The molecule has 1 aliphatic heterocycles. The van der Waals surface area contributed by atoms with Crippen LogP contribution in [-0.4, -0.2) is 45.5 Å². The number of carbonyl (C=O) groups excluding carboxylic acids is 2. The van der Waals surface area contributed by atoms with Crippen LogP contribution >= 0.6 is 11.8 Å². The zero-order chi connectivity index (χ0) is 24.1. The van der Waals surface area contributed by atoms with Crippen LogP contribution < -0.4 is 15.0 Å². The van der Waals surface area contributed by atoms with Gasteiger partial charge in [-0.25, -0.2) is 4.39 Å². The Morgan fingerprint density at radius 1 is 1.24 bits per heavy atom. The molecule has 4 rings (SSSR count). The first-order valence-electron chi connectivity index (χ1n) is 11.0. The van der Waals surface area contributed by atoms with Gasteiger partial charge in [-0.3, -0.25) is 9.59 Å². The summed E-state index contributed by atoms with van der Waals surface area (Å²) in [5.41, 5.74) is 1.22. The number of aromatic nitrogens is 3. The molecule has 1 N–H and O–H groups in total. The van der Waals surface area contributed by atoms with Crippen molar-refractivity contribution in [2.24, 2.45) is 7.05 Å². The molecule has 8 nitrogen and oxygen atoms in total. The quantitative estimate of drug-likeness (QED) is 0.368. The second kappa shape index (κ2) is 10.7. The van der Waals surface area contributed by atoms with Crippen molar-refractivity contribution < 1.29 is 18.7 Å². The van der Waals surface area contributed by atoms with Gasteiger partial charge in [-0.05, 0) is 55.8 Å². The van der Waals surface area contributed by atoms with E-state index in [0.29, 0.717) is 47.6 Å². The van der Waals surface area contributed by atoms with Gasteiger partial charge < -0.3 is 19.5 Å². The zero-order valence-corrected chi connectivity index (χ0v) is 19.8. The fourth-order valence-corrected chi connectivity index (χ4v) is 4.47. The number of ether oxygens (including phenoxy) is 1. The van der Waals surface area contributed by atoms with Crippen LogP contribution in [0.4, 0.5) is 10.1 Å². The van der Waals surface area contributed by atoms with Crippen LogP contribution in [0.25, 0.3) is 0 Å². The first-order valence-corrected chi connectivity index (χ1v) is 12.0. The van der Waals surface area contributed by atoms with Crippen molar-refractivity contribution in [1.29, 1.82) is 0 Å². The largest absolute Gasteiger partial charge is 0.493 e. The predicted molar refractivity (Wildman–Crippen MR) is 128 cm³/mol. The van der Waals surface area contributed by atoms with Crippen molar-refractivity contribution in [3.8, 4) is 5.75 Å². The molecule has 0 bridgehead atoms. The highest BCUT2D eigenvalue weighted by atomic mass is 32.2. The number of amides is 2. The Balaban J connectivity index is 1.32. The van der Waals surface area contributed by atoms with E-state index in [4.69, 9.17) is 4.74 Å². The lowest BCUT2D eigenvalue weighted by Gasteiger charge is -2.17. The Bertz CT molecular complexity index is 1170. The van der Waals surface area contributed by atoms with Gasteiger partial charge in [0.25, 0.3) is 5.91 Å². The molecule has 0 unspecified atom stereocenters. The smallest absolute Gasteiger partial charge is 0.251 e. The highest BCUT2D eigenvalue weighted by Gasteiger charge is 2.23. The van der Waals surface area contributed by atoms with E-state index in [1.54, 1.807) is 35.2 Å². The average molecular weight is 484 g/mol. The predicted octanol–water partition coefficient (Wildman–Crippen LogP) is 3.74. The van der Waals surface area contributed by atoms with E-state index in [2.05, 4.69) is 15.5 Å². The molecule has 0 spiro atoms. The van der Waals surface area contributed by atoms with Crippen molar-refractivity contribution in [2.75, 3.05) is 23.8 Å². The summed E-state index contributed by atoms with van der Waals surface area (Å²) in [7, 11) is 1.85. The van der Waals surface area contributed by atoms with Crippen molar-refractivity contribution in [3.05, 3.63) is 65.7 Å². The SMILES string of the molecule is C[C@H](NC(=O)c1cccc(N2CCCC2=O)c1)c1nnc(SCCOc2ccc(F)cc2)n1C. The van der Waals surface area contributed by atoms with Crippen LogP contribution in [-0.2, 0) is 11.8 Å². The Hall–Kier alpha value is -3.40. The van der Waals surface area contributed by atoms with Crippen LogP contribution in [0.1, 0.15) is 42.0 Å². The first-order chi connectivity index (χ1) is 16.4. The number of halogens is 1. The van der Waals surface area contributed by atoms with Crippen LogP contribution in [0.3, 0.4) is 0 Å². The Morgan fingerprint density at radius 2 is 2.03 bits per heavy atom. The van der Waals surface area contributed by atoms with E-state index in [0.717, 1.165) is 12.1 Å². The molecule has 3 aromatic rings. The molecule has 2 amide bonds. The summed E-state index contributed by atoms with van der Waals surface area (Å²) >= 11 is 1.48. The molecule has 2 aromatic carbocycles. The lowest BCUT2D eigenvalue weighted by atomic mass is 10.1. The fraction of sp³-hybridized carbons (Fsp3) is 0.333. The summed E-state index contributed by atoms with van der Waals surface area (Å²) in [5, 5.41) is 12.1. The molecule has 0 aliphatic carbocycles. The van der Waals surface area contributed by atoms with Crippen molar-refractivity contribution >= 4 is 29.3 Å². The number of nitrogens with one attached hydrogen (secondary N) is 1. The number of rotatable bonds is 9. The monoisotopic (exact) mass is 483 g/mol. The Labute approximate surface area is 201 Å². The summed E-state index contributed by atoms with van der Waals surface area (Å²) in [6.45, 7) is 2.96. The molecule has 1 fully saturated rings. The molecule has 2 heterocycles. The van der Waals surface area contributed by atoms with E-state index in [1.807, 2.05) is 24.6 Å². The maximum absolute atomic E-state index is 13.0. The van der Waals surface area contributed by atoms with E-state index in [9.17, 15) is 14.0 Å². The number of benzene rings is 2. The second-order valence-corrected chi connectivity index (χ2v) is 9.01. The number of carbonyl (C=O) groups is 2. The third-order valence-electron chi connectivity index (χ3n) is 5.49. The van der Waals surface area contributed by atoms with Crippen LogP contribution in [0.2, 0.25) is 0 Å². The van der Waals surface area contributed by atoms with E-state index in [-0.39, 0.29) is 23.7 Å². The summed E-state index contributed by atoms with van der Waals surface area (Å²) in [6, 6.07) is 12.6. The van der Waals surface area contributed by atoms with Crippen molar-refractivity contribution in [1.82, 2.24) is 20.1 Å². The number of hydrogen-bond acceptors (Lipinski definition) is 6. The lowest BCUT2D eigenvalue weighted by Crippen LogP contribution is -2.29. The molecule has 1 aliphatic rings. The van der Waals surface area contributed by atoms with E-state index in [1.165, 1.54) is 23.9 Å². The highest BCUT2D eigenvalue weighted by molar-refractivity contribution is 7.99. The minimum atomic E-state index is -0.369. The van der Waals surface area contributed by atoms with Gasteiger partial charge in [0.2, 0.25) is 5.91 Å². The third-order valence-corrected chi connectivity index (χ3v) is 6.48. The number of hydrogen-bond donors (Lipinski definition) is 1. The van der Waals surface area contributed by atoms with Gasteiger partial charge in [-0.15, -0.1) is 10.2 Å². The molecule has 0 radical (unpaired) electrons. The van der Waals surface area contributed by atoms with Gasteiger partial charge in [0.05, 0.1) is 12.6 Å².